The van der Waals surface area contributed by atoms with Crippen LogP contribution in [0, 0.1) is 12.8 Å². The Bertz CT molecular complexity index is 728. The number of ether oxygens (including phenoxy) is 4. The molecule has 142 valence electrons. The fourth-order valence-electron chi connectivity index (χ4n) is 2.37. The lowest BCUT2D eigenvalue weighted by molar-refractivity contribution is -0.141. The smallest absolute Gasteiger partial charge is 0.333 e. The molecule has 0 unspecified atom stereocenters. The van der Waals surface area contributed by atoms with Crippen LogP contribution >= 0.6 is 0 Å². The van der Waals surface area contributed by atoms with Crippen LogP contribution in [0.5, 0.6) is 11.5 Å². The maximum Gasteiger partial charge on any atom is 0.333 e. The predicted molar refractivity (Wildman–Crippen MR) is 96.2 cm³/mol. The molecule has 1 atom stereocenters. The van der Waals surface area contributed by atoms with Crippen molar-refractivity contribution in [2.75, 3.05) is 20.3 Å². The molecule has 1 aliphatic heterocycles. The second-order valence-electron chi connectivity index (χ2n) is 6.72. The summed E-state index contributed by atoms with van der Waals surface area (Å²) < 4.78 is 21.9. The topological polar surface area (TPSA) is 74.4 Å². The van der Waals surface area contributed by atoms with Crippen molar-refractivity contribution >= 4 is 11.9 Å². The molecule has 0 spiro atoms. The van der Waals surface area contributed by atoms with Gasteiger partial charge in [-0.15, -0.1) is 0 Å². The van der Waals surface area contributed by atoms with Crippen molar-refractivity contribution in [2.24, 2.45) is 5.92 Å². The lowest BCUT2D eigenvalue weighted by Gasteiger charge is -2.19. The quantitative estimate of drug-likeness (QED) is 0.321. The molecule has 1 saturated heterocycles. The molecule has 1 aromatic rings. The highest BCUT2D eigenvalue weighted by atomic mass is 16.6. The van der Waals surface area contributed by atoms with E-state index in [9.17, 15) is 9.59 Å². The van der Waals surface area contributed by atoms with Gasteiger partial charge >= 0.3 is 11.9 Å². The van der Waals surface area contributed by atoms with Crippen LogP contribution in [0.1, 0.15) is 38.8 Å². The minimum atomic E-state index is -0.822. The van der Waals surface area contributed by atoms with Gasteiger partial charge in [0.05, 0.1) is 19.6 Å². The van der Waals surface area contributed by atoms with E-state index in [0.29, 0.717) is 29.2 Å². The summed E-state index contributed by atoms with van der Waals surface area (Å²) in [5.74, 6) is 0.0422. The minimum Gasteiger partial charge on any atom is -0.496 e. The maximum atomic E-state index is 12.1. The maximum absolute atomic E-state index is 12.1. The molecule has 0 radical (unpaired) electrons. The molecule has 0 saturated carbocycles. The average Bonchev–Trinajstić information content (AvgIpc) is 3.39. The summed E-state index contributed by atoms with van der Waals surface area (Å²) in [7, 11) is 1.57. The van der Waals surface area contributed by atoms with E-state index in [4.69, 9.17) is 18.9 Å². The van der Waals surface area contributed by atoms with Crippen molar-refractivity contribution in [3.8, 4) is 11.5 Å². The van der Waals surface area contributed by atoms with Crippen molar-refractivity contribution < 1.29 is 28.5 Å². The summed E-state index contributed by atoms with van der Waals surface area (Å²) in [4.78, 5) is 24.0. The highest BCUT2D eigenvalue weighted by Gasteiger charge is 2.50. The monoisotopic (exact) mass is 362 g/mol. The van der Waals surface area contributed by atoms with Gasteiger partial charge in [-0.25, -0.2) is 4.79 Å². The zero-order valence-corrected chi connectivity index (χ0v) is 16.2. The van der Waals surface area contributed by atoms with Gasteiger partial charge in [0, 0.05) is 11.1 Å². The van der Waals surface area contributed by atoms with Crippen LogP contribution in [0.3, 0.4) is 0 Å². The summed E-state index contributed by atoms with van der Waals surface area (Å²) in [6.45, 7) is 9.27. The second-order valence-corrected chi connectivity index (χ2v) is 6.72. The molecule has 1 aromatic carbocycles. The van der Waals surface area contributed by atoms with Crippen LogP contribution in [0.4, 0.5) is 0 Å². The Labute approximate surface area is 154 Å². The van der Waals surface area contributed by atoms with Crippen LogP contribution < -0.4 is 9.47 Å². The van der Waals surface area contributed by atoms with Crippen molar-refractivity contribution in [3.05, 3.63) is 34.9 Å². The highest BCUT2D eigenvalue weighted by Crippen LogP contribution is 2.46. The number of carbonyl (C=O) groups is 2. The molecular formula is C20H26O6. The molecule has 6 nitrogen and oxygen atoms in total. The lowest BCUT2D eigenvalue weighted by atomic mass is 9.97. The summed E-state index contributed by atoms with van der Waals surface area (Å²) >= 11 is 0. The Morgan fingerprint density at radius 1 is 1.31 bits per heavy atom. The molecule has 2 rings (SSSR count). The molecule has 1 aliphatic rings. The van der Waals surface area contributed by atoms with Gasteiger partial charge in [0.1, 0.15) is 18.1 Å². The third kappa shape index (κ3) is 4.25. The van der Waals surface area contributed by atoms with Crippen LogP contribution in [0.15, 0.2) is 23.8 Å². The number of rotatable bonds is 7. The molecule has 0 bridgehead atoms. The number of epoxide rings is 1. The highest BCUT2D eigenvalue weighted by molar-refractivity contribution is 5.87. The number of esters is 2. The van der Waals surface area contributed by atoms with Gasteiger partial charge in [0.25, 0.3) is 0 Å². The van der Waals surface area contributed by atoms with E-state index in [1.54, 1.807) is 53.0 Å². The van der Waals surface area contributed by atoms with Crippen LogP contribution in [0.2, 0.25) is 0 Å². The van der Waals surface area contributed by atoms with E-state index in [2.05, 4.69) is 0 Å². The molecule has 1 fully saturated rings. The number of hydrogen-bond acceptors (Lipinski definition) is 6. The Balaban J connectivity index is 2.33. The van der Waals surface area contributed by atoms with E-state index in [1.807, 2.05) is 6.92 Å². The molecular weight excluding hydrogens is 336 g/mol. The first-order chi connectivity index (χ1) is 12.2. The fraction of sp³-hybridized carbons (Fsp3) is 0.500. The number of hydrogen-bond donors (Lipinski definition) is 0. The summed E-state index contributed by atoms with van der Waals surface area (Å²) in [5, 5.41) is 0. The standard InChI is InChI=1S/C20H26O6/c1-7-13(4)19(22)24-10-20(11-25-20)15-9-16(23-6)14(5)8-17(15)26-18(21)12(2)3/h7-9,12H,10-11H2,1-6H3/b13-7+/t20-/m0/s1. The van der Waals surface area contributed by atoms with Crippen LogP contribution in [-0.4, -0.2) is 32.3 Å². The van der Waals surface area contributed by atoms with Gasteiger partial charge < -0.3 is 18.9 Å². The second kappa shape index (κ2) is 7.91. The predicted octanol–water partition coefficient (Wildman–Crippen LogP) is 3.30. The average molecular weight is 362 g/mol. The number of methoxy groups -OCH3 is 1. The Kier molecular flexibility index (Phi) is 6.08. The first kappa shape index (κ1) is 20.0. The van der Waals surface area contributed by atoms with Gasteiger partial charge in [-0.2, -0.15) is 0 Å². The Morgan fingerprint density at radius 3 is 2.46 bits per heavy atom. The normalized spacial score (nSPS) is 19.3. The first-order valence-corrected chi connectivity index (χ1v) is 8.59. The molecule has 0 aromatic heterocycles. The van der Waals surface area contributed by atoms with Crippen LogP contribution in [0.25, 0.3) is 0 Å². The van der Waals surface area contributed by atoms with Gasteiger partial charge in [0.15, 0.2) is 5.60 Å². The number of benzene rings is 1. The van der Waals surface area contributed by atoms with E-state index >= 15 is 0 Å². The molecule has 0 aliphatic carbocycles. The molecule has 0 N–H and O–H groups in total. The van der Waals surface area contributed by atoms with E-state index < -0.39 is 11.6 Å². The van der Waals surface area contributed by atoms with Gasteiger partial charge in [-0.3, -0.25) is 4.79 Å². The van der Waals surface area contributed by atoms with Crippen molar-refractivity contribution in [1.82, 2.24) is 0 Å². The largest absolute Gasteiger partial charge is 0.496 e. The van der Waals surface area contributed by atoms with Gasteiger partial charge in [-0.1, -0.05) is 19.9 Å². The summed E-state index contributed by atoms with van der Waals surface area (Å²) in [5.41, 5.74) is 1.17. The fourth-order valence-corrected chi connectivity index (χ4v) is 2.37. The minimum absolute atomic E-state index is 0.0372. The van der Waals surface area contributed by atoms with Crippen molar-refractivity contribution in [3.63, 3.8) is 0 Å². The third-order valence-electron chi connectivity index (χ3n) is 4.35. The van der Waals surface area contributed by atoms with Crippen molar-refractivity contribution in [2.45, 2.75) is 40.2 Å². The summed E-state index contributed by atoms with van der Waals surface area (Å²) in [6, 6.07) is 3.53. The summed E-state index contributed by atoms with van der Waals surface area (Å²) in [6.07, 6.45) is 1.69. The zero-order chi connectivity index (χ0) is 19.5. The van der Waals surface area contributed by atoms with Crippen molar-refractivity contribution in [1.29, 1.82) is 0 Å². The lowest BCUT2D eigenvalue weighted by Crippen LogP contribution is -2.23. The number of allylic oxidation sites excluding steroid dienone is 1. The SMILES string of the molecule is C/C=C(\C)C(=O)OC[C@@]1(c2cc(OC)c(C)cc2OC(=O)C(C)C)CO1. The molecule has 1 heterocycles. The Hall–Kier alpha value is -2.34. The number of aryl methyl sites for hydroxylation is 1. The first-order valence-electron chi connectivity index (χ1n) is 8.59. The zero-order valence-electron chi connectivity index (χ0n) is 16.2. The van der Waals surface area contributed by atoms with Gasteiger partial charge in [-0.05, 0) is 38.5 Å². The Morgan fingerprint density at radius 2 is 1.96 bits per heavy atom. The number of carbonyl (C=O) groups excluding carboxylic acids is 2. The third-order valence-corrected chi connectivity index (χ3v) is 4.35. The molecule has 0 amide bonds. The van der Waals surface area contributed by atoms with E-state index in [1.165, 1.54) is 0 Å². The molecule has 26 heavy (non-hydrogen) atoms. The van der Waals surface area contributed by atoms with E-state index in [-0.39, 0.29) is 18.5 Å². The van der Waals surface area contributed by atoms with Crippen LogP contribution in [-0.2, 0) is 24.7 Å². The van der Waals surface area contributed by atoms with Gasteiger partial charge in [0.2, 0.25) is 0 Å². The van der Waals surface area contributed by atoms with E-state index in [0.717, 1.165) is 5.56 Å². The molecule has 6 heteroatoms.